The van der Waals surface area contributed by atoms with Crippen LogP contribution in [0.3, 0.4) is 0 Å². The number of aliphatic carboxylic acids is 1. The van der Waals surface area contributed by atoms with Gasteiger partial charge in [0.15, 0.2) is 0 Å². The number of carboxylic acid groups (broad SMARTS) is 1. The molecule has 0 spiro atoms. The second-order valence-electron chi connectivity index (χ2n) is 4.67. The van der Waals surface area contributed by atoms with Crippen LogP contribution in [0.15, 0.2) is 48.5 Å². The summed E-state index contributed by atoms with van der Waals surface area (Å²) >= 11 is 0. The number of ether oxygens (including phenoxy) is 1. The first-order valence-electron chi connectivity index (χ1n) is 6.37. The third-order valence-corrected chi connectivity index (χ3v) is 2.98. The SMILES string of the molecule is Cc1ccc(Oc2ccccc2CC(N)C(=O)O)cc1. The molecule has 2 rings (SSSR count). The molecule has 1 unspecified atom stereocenters. The van der Waals surface area contributed by atoms with Gasteiger partial charge in [-0.1, -0.05) is 35.9 Å². The summed E-state index contributed by atoms with van der Waals surface area (Å²) < 4.78 is 5.80. The van der Waals surface area contributed by atoms with Gasteiger partial charge in [-0.2, -0.15) is 0 Å². The van der Waals surface area contributed by atoms with Gasteiger partial charge in [-0.05, 0) is 30.7 Å². The highest BCUT2D eigenvalue weighted by atomic mass is 16.5. The number of hydrogen-bond donors (Lipinski definition) is 2. The van der Waals surface area contributed by atoms with Gasteiger partial charge < -0.3 is 15.6 Å². The van der Waals surface area contributed by atoms with Gasteiger partial charge in [0.05, 0.1) is 0 Å². The molecule has 20 heavy (non-hydrogen) atoms. The molecule has 0 amide bonds. The lowest BCUT2D eigenvalue weighted by Gasteiger charge is -2.13. The molecule has 104 valence electrons. The Morgan fingerprint density at radius 3 is 2.50 bits per heavy atom. The molecule has 0 aliphatic carbocycles. The van der Waals surface area contributed by atoms with Crippen molar-refractivity contribution < 1.29 is 14.6 Å². The Hall–Kier alpha value is -2.33. The predicted octanol–water partition coefficient (Wildman–Crippen LogP) is 2.74. The van der Waals surface area contributed by atoms with E-state index in [0.29, 0.717) is 11.5 Å². The molecule has 0 saturated carbocycles. The molecule has 4 nitrogen and oxygen atoms in total. The van der Waals surface area contributed by atoms with E-state index >= 15 is 0 Å². The van der Waals surface area contributed by atoms with Crippen LogP contribution in [-0.4, -0.2) is 17.1 Å². The Bertz CT molecular complexity index is 593. The molecule has 0 radical (unpaired) electrons. The zero-order chi connectivity index (χ0) is 14.5. The van der Waals surface area contributed by atoms with E-state index in [-0.39, 0.29) is 6.42 Å². The summed E-state index contributed by atoms with van der Waals surface area (Å²) in [6.07, 6.45) is 0.234. The summed E-state index contributed by atoms with van der Waals surface area (Å²) in [5.74, 6) is 0.329. The van der Waals surface area contributed by atoms with Crippen LogP contribution in [0.4, 0.5) is 0 Å². The van der Waals surface area contributed by atoms with Crippen LogP contribution in [0.5, 0.6) is 11.5 Å². The van der Waals surface area contributed by atoms with Crippen LogP contribution >= 0.6 is 0 Å². The van der Waals surface area contributed by atoms with Gasteiger partial charge in [-0.3, -0.25) is 4.79 Å². The zero-order valence-electron chi connectivity index (χ0n) is 11.2. The van der Waals surface area contributed by atoms with Crippen LogP contribution in [0.25, 0.3) is 0 Å². The monoisotopic (exact) mass is 271 g/mol. The summed E-state index contributed by atoms with van der Waals surface area (Å²) in [5, 5.41) is 8.89. The minimum atomic E-state index is -1.02. The average molecular weight is 271 g/mol. The number of carbonyl (C=O) groups is 1. The van der Waals surface area contributed by atoms with Gasteiger partial charge in [-0.25, -0.2) is 0 Å². The van der Waals surface area contributed by atoms with Crippen molar-refractivity contribution in [1.82, 2.24) is 0 Å². The second kappa shape index (κ2) is 6.21. The maximum Gasteiger partial charge on any atom is 0.320 e. The Labute approximate surface area is 117 Å². The van der Waals surface area contributed by atoms with Gasteiger partial charge in [-0.15, -0.1) is 0 Å². The van der Waals surface area contributed by atoms with Gasteiger partial charge in [0.2, 0.25) is 0 Å². The minimum Gasteiger partial charge on any atom is -0.480 e. The highest BCUT2D eigenvalue weighted by Gasteiger charge is 2.15. The van der Waals surface area contributed by atoms with Gasteiger partial charge in [0.25, 0.3) is 0 Å². The molecule has 2 aromatic carbocycles. The molecular formula is C16H17NO3. The maximum absolute atomic E-state index is 10.8. The number of hydrogen-bond acceptors (Lipinski definition) is 3. The lowest BCUT2D eigenvalue weighted by molar-refractivity contribution is -0.138. The predicted molar refractivity (Wildman–Crippen MR) is 77.0 cm³/mol. The van der Waals surface area contributed by atoms with Crippen molar-refractivity contribution in [1.29, 1.82) is 0 Å². The number of carboxylic acids is 1. The van der Waals surface area contributed by atoms with Gasteiger partial charge in [0, 0.05) is 6.42 Å². The smallest absolute Gasteiger partial charge is 0.320 e. The van der Waals surface area contributed by atoms with Crippen molar-refractivity contribution in [2.75, 3.05) is 0 Å². The summed E-state index contributed by atoms with van der Waals surface area (Å²) in [6, 6.07) is 14.1. The van der Waals surface area contributed by atoms with Crippen LogP contribution in [-0.2, 0) is 11.2 Å². The first kappa shape index (κ1) is 14.1. The normalized spacial score (nSPS) is 11.9. The van der Waals surface area contributed by atoms with E-state index < -0.39 is 12.0 Å². The molecule has 0 fully saturated rings. The van der Waals surface area contributed by atoms with Crippen molar-refractivity contribution in [2.45, 2.75) is 19.4 Å². The van der Waals surface area contributed by atoms with E-state index in [1.165, 1.54) is 0 Å². The quantitative estimate of drug-likeness (QED) is 0.877. The third-order valence-electron chi connectivity index (χ3n) is 2.98. The zero-order valence-corrected chi connectivity index (χ0v) is 11.2. The van der Waals surface area contributed by atoms with E-state index in [4.69, 9.17) is 15.6 Å². The third kappa shape index (κ3) is 3.59. The lowest BCUT2D eigenvalue weighted by atomic mass is 10.1. The fourth-order valence-corrected chi connectivity index (χ4v) is 1.83. The summed E-state index contributed by atoms with van der Waals surface area (Å²) in [5.41, 5.74) is 7.51. The van der Waals surface area contributed by atoms with Crippen molar-refractivity contribution in [3.63, 3.8) is 0 Å². The molecule has 0 heterocycles. The number of rotatable bonds is 5. The van der Waals surface area contributed by atoms with Crippen molar-refractivity contribution >= 4 is 5.97 Å². The fraction of sp³-hybridized carbons (Fsp3) is 0.188. The molecule has 0 bridgehead atoms. The highest BCUT2D eigenvalue weighted by Crippen LogP contribution is 2.26. The largest absolute Gasteiger partial charge is 0.480 e. The molecule has 0 aromatic heterocycles. The molecule has 1 atom stereocenters. The summed E-state index contributed by atoms with van der Waals surface area (Å²) in [7, 11) is 0. The summed E-state index contributed by atoms with van der Waals surface area (Å²) in [4.78, 5) is 10.8. The van der Waals surface area contributed by atoms with Gasteiger partial charge in [0.1, 0.15) is 17.5 Å². The molecule has 0 aliphatic heterocycles. The maximum atomic E-state index is 10.8. The molecule has 0 saturated heterocycles. The fourth-order valence-electron chi connectivity index (χ4n) is 1.83. The van der Waals surface area contributed by atoms with Crippen LogP contribution in [0, 0.1) is 6.92 Å². The Morgan fingerprint density at radius 1 is 1.20 bits per heavy atom. The van der Waals surface area contributed by atoms with E-state index in [1.54, 1.807) is 0 Å². The number of benzene rings is 2. The average Bonchev–Trinajstić information content (AvgIpc) is 2.43. The molecule has 3 N–H and O–H groups in total. The summed E-state index contributed by atoms with van der Waals surface area (Å²) in [6.45, 7) is 2.00. The number of aryl methyl sites for hydroxylation is 1. The van der Waals surface area contributed by atoms with Crippen molar-refractivity contribution in [3.8, 4) is 11.5 Å². The Morgan fingerprint density at radius 2 is 1.85 bits per heavy atom. The highest BCUT2D eigenvalue weighted by molar-refractivity contribution is 5.73. The van der Waals surface area contributed by atoms with Crippen molar-refractivity contribution in [2.24, 2.45) is 5.73 Å². The van der Waals surface area contributed by atoms with E-state index in [2.05, 4.69) is 0 Å². The number of para-hydroxylation sites is 1. The molecule has 4 heteroatoms. The van der Waals surface area contributed by atoms with Crippen LogP contribution in [0.1, 0.15) is 11.1 Å². The molecule has 2 aromatic rings. The van der Waals surface area contributed by atoms with E-state index in [9.17, 15) is 4.79 Å². The van der Waals surface area contributed by atoms with E-state index in [1.807, 2.05) is 55.5 Å². The Kier molecular flexibility index (Phi) is 4.38. The minimum absolute atomic E-state index is 0.234. The second-order valence-corrected chi connectivity index (χ2v) is 4.67. The van der Waals surface area contributed by atoms with Crippen molar-refractivity contribution in [3.05, 3.63) is 59.7 Å². The first-order chi connectivity index (χ1) is 9.56. The van der Waals surface area contributed by atoms with E-state index in [0.717, 1.165) is 11.1 Å². The van der Waals surface area contributed by atoms with Crippen LogP contribution in [0.2, 0.25) is 0 Å². The molecule has 0 aliphatic rings. The Balaban J connectivity index is 2.19. The first-order valence-corrected chi connectivity index (χ1v) is 6.37. The number of nitrogens with two attached hydrogens (primary N) is 1. The topological polar surface area (TPSA) is 72.5 Å². The standard InChI is InChI=1S/C16H17NO3/c1-11-6-8-13(9-7-11)20-15-5-3-2-4-12(15)10-14(17)16(18)19/h2-9,14H,10,17H2,1H3,(H,18,19). The van der Waals surface area contributed by atoms with Gasteiger partial charge >= 0.3 is 5.97 Å². The lowest BCUT2D eigenvalue weighted by Crippen LogP contribution is -2.32. The van der Waals surface area contributed by atoms with Crippen LogP contribution < -0.4 is 10.5 Å². The molecular weight excluding hydrogens is 254 g/mol.